The molecule has 22 heavy (non-hydrogen) atoms. The van der Waals surface area contributed by atoms with Crippen LogP contribution in [-0.2, 0) is 4.79 Å². The minimum Gasteiger partial charge on any atom is -0.480 e. The van der Waals surface area contributed by atoms with Crippen LogP contribution in [-0.4, -0.2) is 61.7 Å². The van der Waals surface area contributed by atoms with E-state index in [1.54, 1.807) is 28.8 Å². The lowest BCUT2D eigenvalue weighted by atomic mass is 10.2. The summed E-state index contributed by atoms with van der Waals surface area (Å²) in [4.78, 5) is 27.0. The van der Waals surface area contributed by atoms with E-state index in [9.17, 15) is 14.7 Å². The predicted octanol–water partition coefficient (Wildman–Crippen LogP) is 2.18. The maximum atomic E-state index is 12.4. The van der Waals surface area contributed by atoms with Gasteiger partial charge in [-0.3, -0.25) is 19.4 Å². The van der Waals surface area contributed by atoms with Crippen molar-refractivity contribution in [3.63, 3.8) is 0 Å². The summed E-state index contributed by atoms with van der Waals surface area (Å²) in [5, 5.41) is 9.41. The molecule has 0 unspecified atom stereocenters. The summed E-state index contributed by atoms with van der Waals surface area (Å²) in [6.45, 7) is 0.163. The quantitative estimate of drug-likeness (QED) is 0.774. The Hall–Kier alpha value is -1.03. The van der Waals surface area contributed by atoms with Crippen molar-refractivity contribution in [3.05, 3.63) is 24.2 Å². The molecule has 9 heteroatoms. The van der Waals surface area contributed by atoms with Crippen molar-refractivity contribution in [1.82, 2.24) is 9.80 Å². The lowest BCUT2D eigenvalue weighted by Gasteiger charge is -2.37. The molecule has 1 aromatic heterocycles. The molecule has 0 aliphatic carbocycles. The predicted molar refractivity (Wildman–Crippen MR) is 91.1 cm³/mol. The van der Waals surface area contributed by atoms with Gasteiger partial charge in [-0.1, -0.05) is 24.0 Å². The van der Waals surface area contributed by atoms with E-state index in [0.717, 1.165) is 5.75 Å². The summed E-state index contributed by atoms with van der Waals surface area (Å²) in [7, 11) is 0. The van der Waals surface area contributed by atoms with Crippen LogP contribution in [0, 0.1) is 0 Å². The number of rotatable bonds is 6. The standard InChI is InChI=1S/C13H16N2O4S3/c1-21-6-4-9(12(17)18)14-7-15(13(20)22-8-14)11(16)10-3-2-5-19-10/h2-3,5,9H,4,6-8H2,1H3,(H,17,18)/t9-/m1/s1. The Morgan fingerprint density at radius 3 is 2.95 bits per heavy atom. The molecule has 0 aromatic carbocycles. The van der Waals surface area contributed by atoms with Gasteiger partial charge in [0.1, 0.15) is 10.4 Å². The van der Waals surface area contributed by atoms with Crippen molar-refractivity contribution in [3.8, 4) is 0 Å². The third kappa shape index (κ3) is 4.03. The smallest absolute Gasteiger partial charge is 0.321 e. The second-order valence-electron chi connectivity index (χ2n) is 4.62. The van der Waals surface area contributed by atoms with E-state index in [2.05, 4.69) is 0 Å². The summed E-state index contributed by atoms with van der Waals surface area (Å²) >= 11 is 8.11. The van der Waals surface area contributed by atoms with Crippen LogP contribution in [0.3, 0.4) is 0 Å². The minimum absolute atomic E-state index is 0.163. The number of hydrogen-bond acceptors (Lipinski definition) is 7. The van der Waals surface area contributed by atoms with Gasteiger partial charge in [-0.2, -0.15) is 11.8 Å². The average molecular weight is 360 g/mol. The number of nitrogens with zero attached hydrogens (tertiary/aromatic N) is 2. The van der Waals surface area contributed by atoms with Gasteiger partial charge in [0.2, 0.25) is 0 Å². The van der Waals surface area contributed by atoms with Crippen molar-refractivity contribution in [1.29, 1.82) is 0 Å². The molecule has 1 atom stereocenters. The van der Waals surface area contributed by atoms with Gasteiger partial charge in [0.25, 0.3) is 5.91 Å². The largest absolute Gasteiger partial charge is 0.480 e. The van der Waals surface area contributed by atoms with Gasteiger partial charge in [-0.15, -0.1) is 0 Å². The Balaban J connectivity index is 2.10. The molecule has 1 aliphatic heterocycles. The third-order valence-electron chi connectivity index (χ3n) is 3.20. The van der Waals surface area contributed by atoms with E-state index in [0.29, 0.717) is 16.6 Å². The van der Waals surface area contributed by atoms with Crippen LogP contribution >= 0.6 is 35.7 Å². The van der Waals surface area contributed by atoms with Gasteiger partial charge in [0.05, 0.1) is 18.8 Å². The van der Waals surface area contributed by atoms with Crippen LogP contribution in [0.15, 0.2) is 22.8 Å². The summed E-state index contributed by atoms with van der Waals surface area (Å²) in [5.41, 5.74) is 0. The highest BCUT2D eigenvalue weighted by atomic mass is 32.2. The SMILES string of the molecule is CSCC[C@H](C(=O)O)N1CSC(=S)N(C(=O)c2ccco2)C1. The number of thioether (sulfide) groups is 2. The zero-order valence-corrected chi connectivity index (χ0v) is 14.4. The molecule has 2 rings (SSSR count). The zero-order chi connectivity index (χ0) is 16.1. The van der Waals surface area contributed by atoms with Gasteiger partial charge >= 0.3 is 5.97 Å². The zero-order valence-electron chi connectivity index (χ0n) is 11.9. The van der Waals surface area contributed by atoms with Crippen LogP contribution in [0.1, 0.15) is 17.0 Å². The molecule has 0 bridgehead atoms. The summed E-state index contributed by atoms with van der Waals surface area (Å²) in [5.74, 6) is 0.177. The first-order valence-electron chi connectivity index (χ1n) is 6.52. The second kappa shape index (κ2) is 8.00. The number of hydrogen-bond donors (Lipinski definition) is 1. The molecule has 0 spiro atoms. The highest BCUT2D eigenvalue weighted by Gasteiger charge is 2.34. The van der Waals surface area contributed by atoms with E-state index in [4.69, 9.17) is 16.6 Å². The molecule has 6 nitrogen and oxygen atoms in total. The number of carboxylic acid groups (broad SMARTS) is 1. The number of carbonyl (C=O) groups is 2. The van der Waals surface area contributed by atoms with Crippen LogP contribution < -0.4 is 0 Å². The van der Waals surface area contributed by atoms with Gasteiger partial charge in [0.15, 0.2) is 5.76 Å². The molecule has 0 saturated carbocycles. The number of amides is 1. The average Bonchev–Trinajstić information content (AvgIpc) is 3.02. The van der Waals surface area contributed by atoms with Crippen molar-refractivity contribution < 1.29 is 19.1 Å². The maximum absolute atomic E-state index is 12.4. The Morgan fingerprint density at radius 1 is 1.59 bits per heavy atom. The second-order valence-corrected chi connectivity index (χ2v) is 7.18. The number of furan rings is 1. The first kappa shape index (κ1) is 17.3. The van der Waals surface area contributed by atoms with Crippen LogP contribution in [0.25, 0.3) is 0 Å². The van der Waals surface area contributed by atoms with Gasteiger partial charge in [-0.05, 0) is 30.6 Å². The minimum atomic E-state index is -0.882. The summed E-state index contributed by atoms with van der Waals surface area (Å²) in [6.07, 6.45) is 3.88. The molecule has 1 amide bonds. The maximum Gasteiger partial charge on any atom is 0.321 e. The fourth-order valence-corrected chi connectivity index (χ4v) is 3.65. The van der Waals surface area contributed by atoms with Crippen molar-refractivity contribution in [2.75, 3.05) is 24.6 Å². The van der Waals surface area contributed by atoms with Crippen LogP contribution in [0.5, 0.6) is 0 Å². The third-order valence-corrected chi connectivity index (χ3v) is 5.34. The monoisotopic (exact) mass is 360 g/mol. The Morgan fingerprint density at radius 2 is 2.36 bits per heavy atom. The molecule has 1 aromatic rings. The molecular formula is C13H16N2O4S3. The first-order chi connectivity index (χ1) is 10.5. The van der Waals surface area contributed by atoms with Crippen molar-refractivity contribution in [2.45, 2.75) is 12.5 Å². The van der Waals surface area contributed by atoms with Gasteiger partial charge in [-0.25, -0.2) is 0 Å². The number of carboxylic acids is 1. The van der Waals surface area contributed by atoms with Gasteiger partial charge < -0.3 is 9.52 Å². The summed E-state index contributed by atoms with van der Waals surface area (Å²) < 4.78 is 5.54. The molecule has 1 saturated heterocycles. The highest BCUT2D eigenvalue weighted by Crippen LogP contribution is 2.24. The molecular weight excluding hydrogens is 344 g/mol. The molecule has 2 heterocycles. The Labute approximate surface area is 142 Å². The molecule has 1 N–H and O–H groups in total. The number of aliphatic carboxylic acids is 1. The molecule has 1 aliphatic rings. The Bertz CT molecular complexity index is 549. The summed E-state index contributed by atoms with van der Waals surface area (Å²) in [6, 6.07) is 2.57. The molecule has 1 fully saturated rings. The van der Waals surface area contributed by atoms with E-state index in [1.807, 2.05) is 6.26 Å². The highest BCUT2D eigenvalue weighted by molar-refractivity contribution is 8.23. The van der Waals surface area contributed by atoms with Crippen molar-refractivity contribution >= 4 is 51.9 Å². The normalized spacial score (nSPS) is 17.5. The number of carbonyl (C=O) groups excluding carboxylic acids is 1. The lowest BCUT2D eigenvalue weighted by molar-refractivity contribution is -0.143. The Kier molecular flexibility index (Phi) is 6.30. The van der Waals surface area contributed by atoms with E-state index in [-0.39, 0.29) is 18.3 Å². The van der Waals surface area contributed by atoms with E-state index < -0.39 is 12.0 Å². The van der Waals surface area contributed by atoms with E-state index >= 15 is 0 Å². The fourth-order valence-electron chi connectivity index (χ4n) is 2.06. The molecule has 0 radical (unpaired) electrons. The van der Waals surface area contributed by atoms with Crippen LogP contribution in [0.2, 0.25) is 0 Å². The van der Waals surface area contributed by atoms with E-state index in [1.165, 1.54) is 22.9 Å². The lowest BCUT2D eigenvalue weighted by Crippen LogP contribution is -2.53. The topological polar surface area (TPSA) is 74.0 Å². The fraction of sp³-hybridized carbons (Fsp3) is 0.462. The van der Waals surface area contributed by atoms with Gasteiger partial charge in [0, 0.05) is 0 Å². The first-order valence-corrected chi connectivity index (χ1v) is 9.31. The van der Waals surface area contributed by atoms with Crippen molar-refractivity contribution in [2.24, 2.45) is 0 Å². The van der Waals surface area contributed by atoms with Crippen LogP contribution in [0.4, 0.5) is 0 Å². The number of thiocarbonyl (C=S) groups is 1. The molecule has 120 valence electrons.